The third kappa shape index (κ3) is 6.53. The highest BCUT2D eigenvalue weighted by molar-refractivity contribution is 6.31. The molecule has 3 rings (SSSR count). The molecule has 0 aliphatic rings. The predicted octanol–water partition coefficient (Wildman–Crippen LogP) is 5.68. The Kier molecular flexibility index (Phi) is 8.16. The average Bonchev–Trinajstić information content (AvgIpc) is 2.78. The fourth-order valence-corrected chi connectivity index (χ4v) is 3.18. The molecule has 3 aromatic carbocycles. The van der Waals surface area contributed by atoms with Crippen molar-refractivity contribution in [3.8, 4) is 11.5 Å². The summed E-state index contributed by atoms with van der Waals surface area (Å²) in [5.74, 6) is 1.50. The van der Waals surface area contributed by atoms with Crippen LogP contribution in [0.4, 0.5) is 0 Å². The van der Waals surface area contributed by atoms with Gasteiger partial charge in [-0.05, 0) is 67.8 Å². The lowest BCUT2D eigenvalue weighted by Crippen LogP contribution is -2.24. The van der Waals surface area contributed by atoms with Crippen molar-refractivity contribution in [2.45, 2.75) is 26.4 Å². The summed E-state index contributed by atoms with van der Waals surface area (Å²) in [7, 11) is 0. The maximum absolute atomic E-state index is 12.3. The van der Waals surface area contributed by atoms with Gasteiger partial charge >= 0.3 is 0 Å². The number of rotatable bonds is 10. The third-order valence-electron chi connectivity index (χ3n) is 4.63. The van der Waals surface area contributed by atoms with Crippen LogP contribution in [0.2, 0.25) is 5.02 Å². The summed E-state index contributed by atoms with van der Waals surface area (Å²) >= 11 is 6.14. The maximum atomic E-state index is 12.3. The molecule has 1 N–H and O–H groups in total. The molecule has 0 atom stereocenters. The number of ether oxygens (including phenoxy) is 2. The highest BCUT2D eigenvalue weighted by Gasteiger charge is 2.06. The van der Waals surface area contributed by atoms with E-state index >= 15 is 0 Å². The normalized spacial score (nSPS) is 10.5. The summed E-state index contributed by atoms with van der Waals surface area (Å²) in [6, 6.07) is 22.8. The first-order valence-electron chi connectivity index (χ1n) is 10.1. The Bertz CT molecular complexity index is 939. The lowest BCUT2D eigenvalue weighted by molar-refractivity contribution is 0.0953. The van der Waals surface area contributed by atoms with Crippen molar-refractivity contribution in [2.75, 3.05) is 13.2 Å². The standard InChI is InChI=1S/C25H26ClNO3/c1-2-29-22-13-9-19(10-14-22)6-5-17-27-25(28)20-11-15-23(16-12-20)30-18-21-7-3-4-8-24(21)26/h3-4,7-16H,2,5-6,17-18H2,1H3,(H,27,28). The van der Waals surface area contributed by atoms with Gasteiger partial charge in [-0.3, -0.25) is 4.79 Å². The number of carbonyl (C=O) groups is 1. The fraction of sp³-hybridized carbons (Fsp3) is 0.240. The summed E-state index contributed by atoms with van der Waals surface area (Å²) < 4.78 is 11.2. The van der Waals surface area contributed by atoms with Gasteiger partial charge in [0.2, 0.25) is 0 Å². The van der Waals surface area contributed by atoms with Gasteiger partial charge in [-0.15, -0.1) is 0 Å². The fourth-order valence-electron chi connectivity index (χ4n) is 2.99. The monoisotopic (exact) mass is 423 g/mol. The van der Waals surface area contributed by atoms with Crippen molar-refractivity contribution in [3.05, 3.63) is 94.5 Å². The van der Waals surface area contributed by atoms with Gasteiger partial charge in [-0.1, -0.05) is 41.9 Å². The minimum absolute atomic E-state index is 0.0839. The first-order valence-corrected chi connectivity index (χ1v) is 10.5. The second-order valence-electron chi connectivity index (χ2n) is 6.84. The van der Waals surface area contributed by atoms with Crippen molar-refractivity contribution >= 4 is 17.5 Å². The van der Waals surface area contributed by atoms with E-state index in [0.29, 0.717) is 36.1 Å². The van der Waals surface area contributed by atoms with E-state index in [1.165, 1.54) is 5.56 Å². The van der Waals surface area contributed by atoms with E-state index in [-0.39, 0.29) is 5.91 Å². The molecule has 5 heteroatoms. The van der Waals surface area contributed by atoms with Gasteiger partial charge in [0.25, 0.3) is 5.91 Å². The Morgan fingerprint density at radius 3 is 2.27 bits per heavy atom. The summed E-state index contributed by atoms with van der Waals surface area (Å²) in [6.45, 7) is 3.64. The van der Waals surface area contributed by atoms with Crippen molar-refractivity contribution in [1.29, 1.82) is 0 Å². The van der Waals surface area contributed by atoms with Crippen molar-refractivity contribution in [3.63, 3.8) is 0 Å². The Balaban J connectivity index is 1.40. The number of nitrogens with one attached hydrogen (secondary N) is 1. The number of hydrogen-bond donors (Lipinski definition) is 1. The van der Waals surface area contributed by atoms with Crippen LogP contribution in [0.3, 0.4) is 0 Å². The maximum Gasteiger partial charge on any atom is 0.251 e. The number of benzene rings is 3. The summed E-state index contributed by atoms with van der Waals surface area (Å²) in [5.41, 5.74) is 2.77. The molecular weight excluding hydrogens is 398 g/mol. The molecule has 0 radical (unpaired) electrons. The first kappa shape index (κ1) is 21.7. The Hall–Kier alpha value is -2.98. The molecule has 4 nitrogen and oxygen atoms in total. The molecule has 0 aliphatic carbocycles. The molecular formula is C25H26ClNO3. The zero-order chi connectivity index (χ0) is 21.2. The second-order valence-corrected chi connectivity index (χ2v) is 7.25. The smallest absolute Gasteiger partial charge is 0.251 e. The van der Waals surface area contributed by atoms with E-state index in [4.69, 9.17) is 21.1 Å². The van der Waals surface area contributed by atoms with Crippen LogP contribution in [0.15, 0.2) is 72.8 Å². The van der Waals surface area contributed by atoms with Crippen LogP contribution in [-0.4, -0.2) is 19.1 Å². The van der Waals surface area contributed by atoms with Gasteiger partial charge in [0, 0.05) is 22.7 Å². The second kappa shape index (κ2) is 11.3. The molecule has 0 aromatic heterocycles. The molecule has 0 saturated carbocycles. The number of hydrogen-bond acceptors (Lipinski definition) is 3. The Labute approximate surface area is 182 Å². The number of aryl methyl sites for hydroxylation is 1. The van der Waals surface area contributed by atoms with Crippen molar-refractivity contribution in [1.82, 2.24) is 5.32 Å². The molecule has 1 amide bonds. The van der Waals surface area contributed by atoms with Gasteiger partial charge in [0.15, 0.2) is 0 Å². The zero-order valence-corrected chi connectivity index (χ0v) is 17.8. The molecule has 3 aromatic rings. The first-order chi connectivity index (χ1) is 14.7. The molecule has 0 saturated heterocycles. The van der Waals surface area contributed by atoms with Crippen LogP contribution in [-0.2, 0) is 13.0 Å². The highest BCUT2D eigenvalue weighted by atomic mass is 35.5. The van der Waals surface area contributed by atoms with Crippen LogP contribution in [0, 0.1) is 0 Å². The molecule has 0 bridgehead atoms. The van der Waals surface area contributed by atoms with E-state index in [1.54, 1.807) is 24.3 Å². The summed E-state index contributed by atoms with van der Waals surface area (Å²) in [4.78, 5) is 12.3. The van der Waals surface area contributed by atoms with E-state index in [9.17, 15) is 4.79 Å². The molecule has 0 unspecified atom stereocenters. The molecule has 0 heterocycles. The predicted molar refractivity (Wildman–Crippen MR) is 120 cm³/mol. The number of halogens is 1. The zero-order valence-electron chi connectivity index (χ0n) is 17.1. The van der Waals surface area contributed by atoms with Gasteiger partial charge in [-0.2, -0.15) is 0 Å². The topological polar surface area (TPSA) is 47.6 Å². The summed E-state index contributed by atoms with van der Waals surface area (Å²) in [5, 5.41) is 3.64. The Morgan fingerprint density at radius 1 is 0.900 bits per heavy atom. The summed E-state index contributed by atoms with van der Waals surface area (Å²) in [6.07, 6.45) is 1.78. The van der Waals surface area contributed by atoms with E-state index in [0.717, 1.165) is 24.2 Å². The molecule has 0 fully saturated rings. The van der Waals surface area contributed by atoms with Gasteiger partial charge < -0.3 is 14.8 Å². The Morgan fingerprint density at radius 2 is 1.57 bits per heavy atom. The van der Waals surface area contributed by atoms with Crippen LogP contribution >= 0.6 is 11.6 Å². The minimum Gasteiger partial charge on any atom is -0.494 e. The van der Waals surface area contributed by atoms with Crippen LogP contribution in [0.25, 0.3) is 0 Å². The largest absolute Gasteiger partial charge is 0.494 e. The quantitative estimate of drug-likeness (QED) is 0.427. The van der Waals surface area contributed by atoms with Crippen molar-refractivity contribution < 1.29 is 14.3 Å². The van der Waals surface area contributed by atoms with Crippen LogP contribution < -0.4 is 14.8 Å². The van der Waals surface area contributed by atoms with E-state index in [2.05, 4.69) is 17.4 Å². The number of carbonyl (C=O) groups excluding carboxylic acids is 1. The van der Waals surface area contributed by atoms with Gasteiger partial charge in [0.05, 0.1) is 6.61 Å². The van der Waals surface area contributed by atoms with Gasteiger partial charge in [0.1, 0.15) is 18.1 Å². The van der Waals surface area contributed by atoms with Crippen LogP contribution in [0.5, 0.6) is 11.5 Å². The van der Waals surface area contributed by atoms with Gasteiger partial charge in [-0.25, -0.2) is 0 Å². The lowest BCUT2D eigenvalue weighted by atomic mass is 10.1. The molecule has 0 aliphatic heterocycles. The van der Waals surface area contributed by atoms with E-state index in [1.807, 2.05) is 43.3 Å². The molecule has 156 valence electrons. The molecule has 30 heavy (non-hydrogen) atoms. The number of amides is 1. The molecule has 0 spiro atoms. The SMILES string of the molecule is CCOc1ccc(CCCNC(=O)c2ccc(OCc3ccccc3Cl)cc2)cc1. The van der Waals surface area contributed by atoms with E-state index < -0.39 is 0 Å². The third-order valence-corrected chi connectivity index (χ3v) is 5.00. The lowest BCUT2D eigenvalue weighted by Gasteiger charge is -2.09. The average molecular weight is 424 g/mol. The van der Waals surface area contributed by atoms with Crippen LogP contribution in [0.1, 0.15) is 34.8 Å². The van der Waals surface area contributed by atoms with Crippen molar-refractivity contribution in [2.24, 2.45) is 0 Å². The minimum atomic E-state index is -0.0839. The highest BCUT2D eigenvalue weighted by Crippen LogP contribution is 2.19.